The second-order valence-corrected chi connectivity index (χ2v) is 11.6. The third-order valence-electron chi connectivity index (χ3n) is 7.04. The van der Waals surface area contributed by atoms with Crippen molar-refractivity contribution in [1.29, 1.82) is 0 Å². The quantitative estimate of drug-likeness (QED) is 0.641. The summed E-state index contributed by atoms with van der Waals surface area (Å²) < 4.78 is 50.8. The van der Waals surface area contributed by atoms with Crippen LogP contribution in [0, 0.1) is 11.6 Å². The first-order valence-corrected chi connectivity index (χ1v) is 13.5. The largest absolute Gasteiger partial charge is 0.336 e. The van der Waals surface area contributed by atoms with Gasteiger partial charge in [-0.15, -0.1) is 0 Å². The summed E-state index contributed by atoms with van der Waals surface area (Å²) in [6.07, 6.45) is 5.59. The highest BCUT2D eigenvalue weighted by atomic mass is 32.2. The van der Waals surface area contributed by atoms with E-state index in [9.17, 15) is 26.8 Å². The Morgan fingerprint density at radius 3 is 2.24 bits per heavy atom. The average molecular weight is 484 g/mol. The summed E-state index contributed by atoms with van der Waals surface area (Å²) in [6.45, 7) is 1.93. The molecule has 0 spiro atoms. The van der Waals surface area contributed by atoms with Crippen molar-refractivity contribution in [3.8, 4) is 0 Å². The molecule has 2 aliphatic heterocycles. The SMILES string of the molecule is O=C(c1ccc(F)c(F)c1)N1CCN(CC(=O)N(C2CCCCC2)C2CCS(=O)(=O)C2)CC1. The molecule has 4 rings (SSSR count). The Morgan fingerprint density at radius 1 is 0.939 bits per heavy atom. The van der Waals surface area contributed by atoms with Gasteiger partial charge in [0.1, 0.15) is 0 Å². The molecule has 2 heterocycles. The molecule has 33 heavy (non-hydrogen) atoms. The van der Waals surface area contributed by atoms with Crippen LogP contribution in [0.3, 0.4) is 0 Å². The van der Waals surface area contributed by atoms with Crippen molar-refractivity contribution in [3.63, 3.8) is 0 Å². The van der Waals surface area contributed by atoms with Gasteiger partial charge in [0.25, 0.3) is 5.91 Å². The lowest BCUT2D eigenvalue weighted by molar-refractivity contribution is -0.138. The van der Waals surface area contributed by atoms with Crippen molar-refractivity contribution in [2.45, 2.75) is 50.6 Å². The van der Waals surface area contributed by atoms with Gasteiger partial charge >= 0.3 is 0 Å². The molecule has 1 saturated carbocycles. The number of piperazine rings is 1. The van der Waals surface area contributed by atoms with Crippen LogP contribution in [0.15, 0.2) is 18.2 Å². The Bertz CT molecular complexity index is 989. The average Bonchev–Trinajstić information content (AvgIpc) is 3.15. The summed E-state index contributed by atoms with van der Waals surface area (Å²) in [6, 6.07) is 2.97. The van der Waals surface area contributed by atoms with Crippen LogP contribution in [0.25, 0.3) is 0 Å². The van der Waals surface area contributed by atoms with Crippen molar-refractivity contribution < 1.29 is 26.8 Å². The number of carbonyl (C=O) groups excluding carboxylic acids is 2. The molecule has 0 aromatic heterocycles. The fourth-order valence-corrected chi connectivity index (χ4v) is 6.96. The standard InChI is InChI=1S/C23H31F2N3O4S/c24-20-7-6-17(14-21(20)25)23(30)27-11-9-26(10-12-27)15-22(29)28(18-4-2-1-3-5-18)19-8-13-33(31,32)16-19/h6-7,14,18-19H,1-5,8-13,15-16H2. The van der Waals surface area contributed by atoms with Crippen molar-refractivity contribution in [2.75, 3.05) is 44.2 Å². The minimum absolute atomic E-state index is 0.0376. The first kappa shape index (κ1) is 24.1. The van der Waals surface area contributed by atoms with E-state index in [0.717, 1.165) is 44.2 Å². The highest BCUT2D eigenvalue weighted by Gasteiger charge is 2.39. The van der Waals surface area contributed by atoms with Gasteiger partial charge in [-0.3, -0.25) is 14.5 Å². The lowest BCUT2D eigenvalue weighted by atomic mass is 9.92. The van der Waals surface area contributed by atoms with Crippen LogP contribution in [0.4, 0.5) is 8.78 Å². The van der Waals surface area contributed by atoms with Gasteiger partial charge in [-0.2, -0.15) is 0 Å². The van der Waals surface area contributed by atoms with Crippen LogP contribution < -0.4 is 0 Å². The number of amides is 2. The lowest BCUT2D eigenvalue weighted by Crippen LogP contribution is -2.55. The van der Waals surface area contributed by atoms with Gasteiger partial charge in [0.15, 0.2) is 21.5 Å². The van der Waals surface area contributed by atoms with E-state index in [1.807, 2.05) is 9.80 Å². The Morgan fingerprint density at radius 2 is 1.64 bits per heavy atom. The lowest BCUT2D eigenvalue weighted by Gasteiger charge is -2.40. The Labute approximate surface area is 193 Å². The van der Waals surface area contributed by atoms with Gasteiger partial charge in [-0.05, 0) is 37.5 Å². The summed E-state index contributed by atoms with van der Waals surface area (Å²) in [5.74, 6) is -2.26. The molecule has 10 heteroatoms. The molecule has 2 saturated heterocycles. The summed E-state index contributed by atoms with van der Waals surface area (Å²) >= 11 is 0. The Kier molecular flexibility index (Phi) is 7.33. The zero-order chi connectivity index (χ0) is 23.6. The van der Waals surface area contributed by atoms with Gasteiger partial charge in [0.2, 0.25) is 5.91 Å². The summed E-state index contributed by atoms with van der Waals surface area (Å²) in [4.78, 5) is 31.4. The van der Waals surface area contributed by atoms with Crippen LogP contribution in [0.1, 0.15) is 48.9 Å². The Hall–Kier alpha value is -2.07. The molecule has 0 bridgehead atoms. The van der Waals surface area contributed by atoms with Crippen molar-refractivity contribution >= 4 is 21.7 Å². The molecule has 0 N–H and O–H groups in total. The zero-order valence-electron chi connectivity index (χ0n) is 18.7. The fraction of sp³-hybridized carbons (Fsp3) is 0.652. The molecule has 2 amide bonds. The van der Waals surface area contributed by atoms with Crippen LogP contribution in [0.2, 0.25) is 0 Å². The maximum Gasteiger partial charge on any atom is 0.254 e. The molecule has 1 aromatic rings. The number of carbonyl (C=O) groups is 2. The number of hydrogen-bond acceptors (Lipinski definition) is 5. The third kappa shape index (κ3) is 5.71. The van der Waals surface area contributed by atoms with Gasteiger partial charge in [-0.1, -0.05) is 19.3 Å². The maximum absolute atomic E-state index is 13.5. The van der Waals surface area contributed by atoms with Crippen molar-refractivity contribution in [2.24, 2.45) is 0 Å². The third-order valence-corrected chi connectivity index (χ3v) is 8.79. The predicted octanol–water partition coefficient (Wildman–Crippen LogP) is 2.07. The first-order valence-electron chi connectivity index (χ1n) is 11.7. The van der Waals surface area contributed by atoms with Gasteiger partial charge in [0.05, 0.1) is 18.1 Å². The number of benzene rings is 1. The van der Waals surface area contributed by atoms with Crippen LogP contribution in [-0.2, 0) is 14.6 Å². The molecule has 1 aromatic carbocycles. The second kappa shape index (κ2) is 10.0. The molecule has 7 nitrogen and oxygen atoms in total. The smallest absolute Gasteiger partial charge is 0.254 e. The maximum atomic E-state index is 13.5. The minimum atomic E-state index is -3.10. The van der Waals surface area contributed by atoms with Gasteiger partial charge < -0.3 is 9.80 Å². The first-order chi connectivity index (χ1) is 15.7. The highest BCUT2D eigenvalue weighted by molar-refractivity contribution is 7.91. The van der Waals surface area contributed by atoms with E-state index in [1.165, 1.54) is 6.07 Å². The van der Waals surface area contributed by atoms with E-state index in [1.54, 1.807) is 4.90 Å². The topological polar surface area (TPSA) is 78.0 Å². The molecular weight excluding hydrogens is 452 g/mol. The number of sulfone groups is 1. The summed E-state index contributed by atoms with van der Waals surface area (Å²) in [5, 5.41) is 0. The monoisotopic (exact) mass is 483 g/mol. The number of hydrogen-bond donors (Lipinski definition) is 0. The van der Waals surface area contributed by atoms with Gasteiger partial charge in [-0.25, -0.2) is 17.2 Å². The van der Waals surface area contributed by atoms with E-state index in [0.29, 0.717) is 32.6 Å². The Balaban J connectivity index is 1.36. The van der Waals surface area contributed by atoms with E-state index >= 15 is 0 Å². The highest BCUT2D eigenvalue weighted by Crippen LogP contribution is 2.28. The molecular formula is C23H31F2N3O4S. The number of halogens is 2. The normalized spacial score (nSPS) is 24.1. The molecule has 182 valence electrons. The van der Waals surface area contributed by atoms with E-state index < -0.39 is 21.5 Å². The number of nitrogens with zero attached hydrogens (tertiary/aromatic N) is 3. The zero-order valence-corrected chi connectivity index (χ0v) is 19.5. The van der Waals surface area contributed by atoms with Crippen LogP contribution in [0.5, 0.6) is 0 Å². The molecule has 3 fully saturated rings. The van der Waals surface area contributed by atoms with Crippen molar-refractivity contribution in [1.82, 2.24) is 14.7 Å². The van der Waals surface area contributed by atoms with E-state index in [4.69, 9.17) is 0 Å². The number of rotatable bonds is 5. The van der Waals surface area contributed by atoms with Crippen LogP contribution in [-0.4, -0.2) is 91.2 Å². The summed E-state index contributed by atoms with van der Waals surface area (Å²) in [7, 11) is -3.10. The van der Waals surface area contributed by atoms with Crippen molar-refractivity contribution in [3.05, 3.63) is 35.4 Å². The van der Waals surface area contributed by atoms with E-state index in [2.05, 4.69) is 0 Å². The molecule has 0 radical (unpaired) electrons. The molecule has 1 unspecified atom stereocenters. The summed E-state index contributed by atoms with van der Waals surface area (Å²) in [5.41, 5.74) is 0.101. The molecule has 3 aliphatic rings. The second-order valence-electron chi connectivity index (χ2n) is 9.35. The van der Waals surface area contributed by atoms with Crippen LogP contribution >= 0.6 is 0 Å². The fourth-order valence-electron chi connectivity index (χ4n) is 5.25. The molecule has 1 atom stereocenters. The van der Waals surface area contributed by atoms with Gasteiger partial charge in [0, 0.05) is 43.8 Å². The van der Waals surface area contributed by atoms with E-state index in [-0.39, 0.29) is 47.5 Å². The molecule has 1 aliphatic carbocycles. The predicted molar refractivity (Wildman–Crippen MR) is 119 cm³/mol. The minimum Gasteiger partial charge on any atom is -0.336 e.